The predicted molar refractivity (Wildman–Crippen MR) is 114 cm³/mol. The predicted octanol–water partition coefficient (Wildman–Crippen LogP) is 1.22. The first-order chi connectivity index (χ1) is 13.5. The van der Waals surface area contributed by atoms with E-state index in [4.69, 9.17) is 9.73 Å². The van der Waals surface area contributed by atoms with Gasteiger partial charge in [-0.05, 0) is 52.9 Å². The van der Waals surface area contributed by atoms with Crippen molar-refractivity contribution in [2.75, 3.05) is 45.5 Å². The summed E-state index contributed by atoms with van der Waals surface area (Å²) in [5.74, 6) is 1.24. The smallest absolute Gasteiger partial charge is 0.407 e. The Bertz CT molecular complexity index is 681. The second-order valence-electron chi connectivity index (χ2n) is 8.88. The molecule has 2 rings (SSSR count). The van der Waals surface area contributed by atoms with E-state index >= 15 is 0 Å². The third-order valence-electron chi connectivity index (χ3n) is 5.09. The molecule has 1 amide bonds. The summed E-state index contributed by atoms with van der Waals surface area (Å²) in [5, 5.41) is 6.27. The SMILES string of the molecule is CCNC(=NCC1CCN(S(C)(=O)=O)CC1)N1CCC(NC(=O)OC(C)(C)C)C1. The van der Waals surface area contributed by atoms with E-state index in [1.807, 2.05) is 27.7 Å². The average Bonchev–Trinajstić information content (AvgIpc) is 3.04. The fourth-order valence-corrected chi connectivity index (χ4v) is 4.48. The zero-order valence-electron chi connectivity index (χ0n) is 18.4. The van der Waals surface area contributed by atoms with Crippen molar-refractivity contribution in [2.24, 2.45) is 10.9 Å². The number of aliphatic imine (C=N–C) groups is 1. The molecule has 2 saturated heterocycles. The molecule has 9 nitrogen and oxygen atoms in total. The van der Waals surface area contributed by atoms with Gasteiger partial charge in [-0.1, -0.05) is 0 Å². The third-order valence-corrected chi connectivity index (χ3v) is 6.39. The van der Waals surface area contributed by atoms with E-state index < -0.39 is 15.6 Å². The number of rotatable bonds is 5. The van der Waals surface area contributed by atoms with E-state index in [-0.39, 0.29) is 12.1 Å². The van der Waals surface area contributed by atoms with E-state index in [0.717, 1.165) is 38.3 Å². The van der Waals surface area contributed by atoms with Crippen molar-refractivity contribution >= 4 is 22.1 Å². The Morgan fingerprint density at radius 2 is 1.83 bits per heavy atom. The molecule has 0 aromatic carbocycles. The van der Waals surface area contributed by atoms with Crippen LogP contribution in [0.4, 0.5) is 4.79 Å². The summed E-state index contributed by atoms with van der Waals surface area (Å²) in [6, 6.07) is 0.0340. The van der Waals surface area contributed by atoms with E-state index in [1.54, 1.807) is 4.31 Å². The van der Waals surface area contributed by atoms with Gasteiger partial charge in [0.1, 0.15) is 5.60 Å². The second-order valence-corrected chi connectivity index (χ2v) is 10.9. The van der Waals surface area contributed by atoms with Crippen LogP contribution in [0.15, 0.2) is 4.99 Å². The van der Waals surface area contributed by atoms with E-state index in [1.165, 1.54) is 6.26 Å². The van der Waals surface area contributed by atoms with Gasteiger partial charge in [-0.15, -0.1) is 0 Å². The van der Waals surface area contributed by atoms with Crippen molar-refractivity contribution < 1.29 is 17.9 Å². The summed E-state index contributed by atoms with van der Waals surface area (Å²) >= 11 is 0. The number of hydrogen-bond acceptors (Lipinski definition) is 5. The third kappa shape index (κ3) is 8.00. The van der Waals surface area contributed by atoms with Gasteiger partial charge >= 0.3 is 6.09 Å². The molecule has 2 aliphatic heterocycles. The lowest BCUT2D eigenvalue weighted by atomic mass is 9.98. The van der Waals surface area contributed by atoms with Crippen LogP contribution in [0.2, 0.25) is 0 Å². The summed E-state index contributed by atoms with van der Waals surface area (Å²) < 4.78 is 30.2. The average molecular weight is 432 g/mol. The van der Waals surface area contributed by atoms with E-state index in [2.05, 4.69) is 15.5 Å². The Kier molecular flexibility index (Phi) is 8.16. The summed E-state index contributed by atoms with van der Waals surface area (Å²) in [5.41, 5.74) is -0.508. The number of hydrogen-bond donors (Lipinski definition) is 2. The van der Waals surface area contributed by atoms with Crippen LogP contribution in [0.3, 0.4) is 0 Å². The molecule has 0 radical (unpaired) electrons. The van der Waals surface area contributed by atoms with Gasteiger partial charge < -0.3 is 20.3 Å². The summed E-state index contributed by atoms with van der Waals surface area (Å²) in [6.45, 7) is 11.7. The molecular weight excluding hydrogens is 394 g/mol. The maximum absolute atomic E-state index is 12.0. The molecule has 168 valence electrons. The molecule has 0 bridgehead atoms. The first kappa shape index (κ1) is 23.7. The maximum atomic E-state index is 12.0. The van der Waals surface area contributed by atoms with Gasteiger partial charge in [0.05, 0.1) is 12.3 Å². The van der Waals surface area contributed by atoms with Gasteiger partial charge in [-0.2, -0.15) is 0 Å². The minimum atomic E-state index is -3.10. The highest BCUT2D eigenvalue weighted by Gasteiger charge is 2.29. The van der Waals surface area contributed by atoms with Gasteiger partial charge in [-0.25, -0.2) is 17.5 Å². The highest BCUT2D eigenvalue weighted by molar-refractivity contribution is 7.88. The van der Waals surface area contributed by atoms with Crippen molar-refractivity contribution in [1.29, 1.82) is 0 Å². The maximum Gasteiger partial charge on any atom is 0.407 e. The van der Waals surface area contributed by atoms with Crippen molar-refractivity contribution in [3.8, 4) is 0 Å². The number of piperidine rings is 1. The number of guanidine groups is 1. The molecule has 0 aliphatic carbocycles. The van der Waals surface area contributed by atoms with Crippen LogP contribution in [0.5, 0.6) is 0 Å². The van der Waals surface area contributed by atoms with Gasteiger partial charge in [0.25, 0.3) is 0 Å². The largest absolute Gasteiger partial charge is 0.444 e. The molecule has 2 heterocycles. The number of sulfonamides is 1. The molecule has 1 atom stereocenters. The minimum absolute atomic E-state index is 0.0340. The van der Waals surface area contributed by atoms with Gasteiger partial charge in [-0.3, -0.25) is 4.99 Å². The summed E-state index contributed by atoms with van der Waals surface area (Å²) in [4.78, 5) is 19.0. The van der Waals surface area contributed by atoms with E-state index in [0.29, 0.717) is 32.1 Å². The van der Waals surface area contributed by atoms with Crippen molar-refractivity contribution in [3.63, 3.8) is 0 Å². The van der Waals surface area contributed by atoms with Gasteiger partial charge in [0.2, 0.25) is 10.0 Å². The monoisotopic (exact) mass is 431 g/mol. The Morgan fingerprint density at radius 1 is 1.17 bits per heavy atom. The minimum Gasteiger partial charge on any atom is -0.444 e. The Labute approximate surface area is 175 Å². The summed E-state index contributed by atoms with van der Waals surface area (Å²) in [7, 11) is -3.10. The lowest BCUT2D eigenvalue weighted by Crippen LogP contribution is -2.44. The molecule has 10 heteroatoms. The van der Waals surface area contributed by atoms with Crippen LogP contribution in [0.1, 0.15) is 47.0 Å². The molecule has 0 aromatic heterocycles. The normalized spacial score (nSPS) is 22.6. The Hall–Kier alpha value is -1.55. The molecule has 0 saturated carbocycles. The van der Waals surface area contributed by atoms with Crippen LogP contribution >= 0.6 is 0 Å². The highest BCUT2D eigenvalue weighted by Crippen LogP contribution is 2.20. The second kappa shape index (κ2) is 9.97. The number of carbonyl (C=O) groups excluding carboxylic acids is 1. The number of amides is 1. The fourth-order valence-electron chi connectivity index (χ4n) is 3.61. The lowest BCUT2D eigenvalue weighted by molar-refractivity contribution is 0.0507. The Morgan fingerprint density at radius 3 is 2.38 bits per heavy atom. The van der Waals surface area contributed by atoms with Crippen molar-refractivity contribution in [2.45, 2.75) is 58.6 Å². The van der Waals surface area contributed by atoms with Crippen LogP contribution in [-0.4, -0.2) is 86.8 Å². The van der Waals surface area contributed by atoms with Crippen LogP contribution < -0.4 is 10.6 Å². The number of likely N-dealkylation sites (tertiary alicyclic amines) is 1. The number of ether oxygens (including phenoxy) is 1. The number of carbonyl (C=O) groups is 1. The Balaban J connectivity index is 1.85. The highest BCUT2D eigenvalue weighted by atomic mass is 32.2. The van der Waals surface area contributed by atoms with E-state index in [9.17, 15) is 13.2 Å². The lowest BCUT2D eigenvalue weighted by Gasteiger charge is -2.30. The molecule has 2 aliphatic rings. The fraction of sp³-hybridized carbons (Fsp3) is 0.895. The zero-order valence-corrected chi connectivity index (χ0v) is 19.2. The number of nitrogens with zero attached hydrogens (tertiary/aromatic N) is 3. The molecule has 2 fully saturated rings. The molecule has 0 aromatic rings. The van der Waals surface area contributed by atoms with Crippen molar-refractivity contribution in [3.05, 3.63) is 0 Å². The number of alkyl carbamates (subject to hydrolysis) is 1. The molecule has 29 heavy (non-hydrogen) atoms. The first-order valence-corrected chi connectivity index (χ1v) is 12.3. The van der Waals surface area contributed by atoms with Gasteiger partial charge in [0, 0.05) is 39.3 Å². The van der Waals surface area contributed by atoms with Crippen LogP contribution in [-0.2, 0) is 14.8 Å². The number of nitrogens with one attached hydrogen (secondary N) is 2. The standard InChI is InChI=1S/C19H37N5O4S/c1-6-20-17(21-13-15-7-11-24(12-8-15)29(5,26)27)23-10-9-16(14-23)22-18(25)28-19(2,3)4/h15-16H,6-14H2,1-5H3,(H,20,21)(H,22,25). The molecule has 2 N–H and O–H groups in total. The quantitative estimate of drug-likeness (QED) is 0.501. The van der Waals surface area contributed by atoms with Crippen LogP contribution in [0, 0.1) is 5.92 Å². The molecule has 1 unspecified atom stereocenters. The summed E-state index contributed by atoms with van der Waals surface area (Å²) in [6.07, 6.45) is 3.39. The zero-order chi connectivity index (χ0) is 21.7. The van der Waals surface area contributed by atoms with Crippen LogP contribution in [0.25, 0.3) is 0 Å². The van der Waals surface area contributed by atoms with Crippen molar-refractivity contribution in [1.82, 2.24) is 19.8 Å². The molecule has 0 spiro atoms. The molecular formula is C19H37N5O4S. The topological polar surface area (TPSA) is 103 Å². The van der Waals surface area contributed by atoms with Gasteiger partial charge in [0.15, 0.2) is 5.96 Å². The first-order valence-electron chi connectivity index (χ1n) is 10.5.